The van der Waals surface area contributed by atoms with Gasteiger partial charge in [-0.2, -0.15) is 0 Å². The number of halogens is 2. The Kier molecular flexibility index (Phi) is 8.64. The van der Waals surface area contributed by atoms with Gasteiger partial charge in [0.15, 0.2) is 16.7 Å². The molecule has 0 saturated heterocycles. The summed E-state index contributed by atoms with van der Waals surface area (Å²) in [5.41, 5.74) is 1.08. The van der Waals surface area contributed by atoms with Gasteiger partial charge in [-0.25, -0.2) is 19.2 Å². The van der Waals surface area contributed by atoms with E-state index in [1.54, 1.807) is 29.7 Å². The van der Waals surface area contributed by atoms with E-state index in [4.69, 9.17) is 36.3 Å². The van der Waals surface area contributed by atoms with Crippen LogP contribution in [-0.4, -0.2) is 32.4 Å². The summed E-state index contributed by atoms with van der Waals surface area (Å²) in [6.07, 6.45) is 4.81. The molecule has 0 amide bonds. The summed E-state index contributed by atoms with van der Waals surface area (Å²) in [7, 11) is 0. The number of carbonyl (C=O) groups is 1. The minimum atomic E-state index is -1.83. The number of rotatable bonds is 6. The molecule has 170 valence electrons. The van der Waals surface area contributed by atoms with Crippen molar-refractivity contribution >= 4 is 40.0 Å². The molecule has 3 aromatic rings. The lowest BCUT2D eigenvalue weighted by atomic mass is 9.84. The van der Waals surface area contributed by atoms with Gasteiger partial charge in [0.1, 0.15) is 5.82 Å². The minimum absolute atomic E-state index is 0.0371. The first kappa shape index (κ1) is 23.7. The van der Waals surface area contributed by atoms with Gasteiger partial charge in [-0.15, -0.1) is 11.3 Å². The van der Waals surface area contributed by atoms with Crippen LogP contribution >= 0.6 is 22.9 Å². The Labute approximate surface area is 193 Å². The maximum Gasteiger partial charge on any atom is 0.503 e. The van der Waals surface area contributed by atoms with Gasteiger partial charge in [-0.1, -0.05) is 23.7 Å². The van der Waals surface area contributed by atoms with E-state index in [9.17, 15) is 4.39 Å². The maximum absolute atomic E-state index is 14.0. The number of thiazole rings is 1. The number of benzene rings is 1. The van der Waals surface area contributed by atoms with E-state index >= 15 is 0 Å². The summed E-state index contributed by atoms with van der Waals surface area (Å²) in [4.78, 5) is 17.5. The molecule has 0 atom stereocenters. The summed E-state index contributed by atoms with van der Waals surface area (Å²) in [5, 5.41) is 20.1. The van der Waals surface area contributed by atoms with Crippen molar-refractivity contribution in [2.45, 2.75) is 38.2 Å². The van der Waals surface area contributed by atoms with Crippen molar-refractivity contribution in [3.8, 4) is 5.75 Å². The van der Waals surface area contributed by atoms with Crippen LogP contribution in [0.5, 0.6) is 5.75 Å². The zero-order chi connectivity index (χ0) is 22.9. The molecule has 1 saturated carbocycles. The van der Waals surface area contributed by atoms with E-state index < -0.39 is 12.0 Å². The fourth-order valence-corrected chi connectivity index (χ4v) is 4.26. The zero-order valence-electron chi connectivity index (χ0n) is 17.1. The quantitative estimate of drug-likeness (QED) is 0.371. The highest BCUT2D eigenvalue weighted by atomic mass is 35.5. The van der Waals surface area contributed by atoms with Crippen LogP contribution in [-0.2, 0) is 6.42 Å². The van der Waals surface area contributed by atoms with Crippen molar-refractivity contribution in [1.29, 1.82) is 0 Å². The zero-order valence-corrected chi connectivity index (χ0v) is 18.7. The standard InChI is InChI=1S/C21H21ClFN3OS.CH2O3/c22-17-4-2-5-18(20(17)23)27-16-9-7-14(8-10-16)13-15-3-1-6-19(25-15)26-21-24-11-12-28-21;2-1(3)4/h1-6,11-12,14,16H,7-10,13H2,(H,24,25,26);(H2,2,3,4). The van der Waals surface area contributed by atoms with E-state index in [-0.39, 0.29) is 16.9 Å². The third-order valence-electron chi connectivity index (χ3n) is 4.98. The molecule has 0 spiro atoms. The molecule has 4 rings (SSSR count). The molecule has 1 fully saturated rings. The Balaban J connectivity index is 0.000000668. The first-order chi connectivity index (χ1) is 15.4. The number of hydrogen-bond acceptors (Lipinski definition) is 6. The molecule has 2 aromatic heterocycles. The first-order valence-electron chi connectivity index (χ1n) is 10.1. The molecular weight excluding hydrogens is 457 g/mol. The van der Waals surface area contributed by atoms with Gasteiger partial charge in [-0.05, 0) is 62.3 Å². The van der Waals surface area contributed by atoms with Crippen LogP contribution in [0.4, 0.5) is 20.1 Å². The fourth-order valence-electron chi connectivity index (χ4n) is 3.56. The van der Waals surface area contributed by atoms with Crippen molar-refractivity contribution in [2.75, 3.05) is 5.32 Å². The van der Waals surface area contributed by atoms with Crippen LogP contribution in [0.25, 0.3) is 0 Å². The van der Waals surface area contributed by atoms with E-state index in [1.165, 1.54) is 6.07 Å². The van der Waals surface area contributed by atoms with E-state index in [0.29, 0.717) is 5.92 Å². The van der Waals surface area contributed by atoms with Crippen molar-refractivity contribution in [3.05, 3.63) is 64.5 Å². The second-order valence-corrected chi connectivity index (χ2v) is 8.58. The highest BCUT2D eigenvalue weighted by Crippen LogP contribution is 2.32. The summed E-state index contributed by atoms with van der Waals surface area (Å²) < 4.78 is 19.9. The SMILES string of the molecule is Fc1c(Cl)cccc1OC1CCC(Cc2cccc(Nc3nccs3)n2)CC1.O=C(O)O. The van der Waals surface area contributed by atoms with Crippen LogP contribution in [0.3, 0.4) is 0 Å². The third-order valence-corrected chi connectivity index (χ3v) is 5.96. The fraction of sp³-hybridized carbons (Fsp3) is 0.318. The van der Waals surface area contributed by atoms with Crippen LogP contribution < -0.4 is 10.1 Å². The second kappa shape index (κ2) is 11.6. The van der Waals surface area contributed by atoms with Gasteiger partial charge in [0.25, 0.3) is 0 Å². The van der Waals surface area contributed by atoms with Crippen LogP contribution in [0, 0.1) is 11.7 Å². The molecule has 2 heterocycles. The topological polar surface area (TPSA) is 105 Å². The molecule has 1 aliphatic carbocycles. The van der Waals surface area contributed by atoms with E-state index in [0.717, 1.165) is 48.7 Å². The average Bonchev–Trinajstić information content (AvgIpc) is 3.26. The molecule has 1 aliphatic rings. The number of anilines is 2. The summed E-state index contributed by atoms with van der Waals surface area (Å²) in [6.45, 7) is 0. The third kappa shape index (κ3) is 7.35. The van der Waals surface area contributed by atoms with E-state index in [1.807, 2.05) is 17.5 Å². The number of carboxylic acid groups (broad SMARTS) is 2. The Morgan fingerprint density at radius 2 is 1.91 bits per heavy atom. The molecule has 3 N–H and O–H groups in total. The lowest BCUT2D eigenvalue weighted by Crippen LogP contribution is -2.25. The van der Waals surface area contributed by atoms with Gasteiger partial charge in [0.2, 0.25) is 0 Å². The lowest BCUT2D eigenvalue weighted by molar-refractivity contribution is 0.126. The van der Waals surface area contributed by atoms with Crippen molar-refractivity contribution < 1.29 is 24.1 Å². The maximum atomic E-state index is 14.0. The largest absolute Gasteiger partial charge is 0.503 e. The predicted molar refractivity (Wildman–Crippen MR) is 122 cm³/mol. The Bertz CT molecular complexity index is 1010. The highest BCUT2D eigenvalue weighted by molar-refractivity contribution is 7.13. The highest BCUT2D eigenvalue weighted by Gasteiger charge is 2.24. The first-order valence-corrected chi connectivity index (χ1v) is 11.3. The number of ether oxygens (including phenoxy) is 1. The smallest absolute Gasteiger partial charge is 0.487 e. The van der Waals surface area contributed by atoms with Crippen molar-refractivity contribution in [2.24, 2.45) is 5.92 Å². The second-order valence-electron chi connectivity index (χ2n) is 7.28. The lowest BCUT2D eigenvalue weighted by Gasteiger charge is -2.29. The Morgan fingerprint density at radius 3 is 2.59 bits per heavy atom. The molecule has 0 radical (unpaired) electrons. The van der Waals surface area contributed by atoms with Crippen molar-refractivity contribution in [3.63, 3.8) is 0 Å². The van der Waals surface area contributed by atoms with Gasteiger partial charge >= 0.3 is 6.16 Å². The molecule has 7 nitrogen and oxygen atoms in total. The van der Waals surface area contributed by atoms with Crippen LogP contribution in [0.15, 0.2) is 48.0 Å². The molecule has 0 aliphatic heterocycles. The molecule has 32 heavy (non-hydrogen) atoms. The van der Waals surface area contributed by atoms with Gasteiger partial charge in [-0.3, -0.25) is 0 Å². The molecule has 0 unspecified atom stereocenters. The number of pyridine rings is 1. The monoisotopic (exact) mass is 479 g/mol. The average molecular weight is 480 g/mol. The molecule has 1 aromatic carbocycles. The molecule has 10 heteroatoms. The number of aromatic nitrogens is 2. The van der Waals surface area contributed by atoms with Crippen molar-refractivity contribution in [1.82, 2.24) is 9.97 Å². The summed E-state index contributed by atoms with van der Waals surface area (Å²) >= 11 is 7.38. The summed E-state index contributed by atoms with van der Waals surface area (Å²) in [6, 6.07) is 10.9. The van der Waals surface area contributed by atoms with Gasteiger partial charge in [0.05, 0.1) is 11.1 Å². The van der Waals surface area contributed by atoms with Gasteiger partial charge in [0, 0.05) is 17.3 Å². The van der Waals surface area contributed by atoms with Crippen LogP contribution in [0.1, 0.15) is 31.4 Å². The number of nitrogens with one attached hydrogen (secondary N) is 1. The normalized spacial score (nSPS) is 17.7. The van der Waals surface area contributed by atoms with Crippen LogP contribution in [0.2, 0.25) is 5.02 Å². The predicted octanol–water partition coefficient (Wildman–Crippen LogP) is 6.48. The molecule has 0 bridgehead atoms. The Morgan fingerprint density at radius 1 is 1.19 bits per heavy atom. The van der Waals surface area contributed by atoms with E-state index in [2.05, 4.69) is 16.4 Å². The number of hydrogen-bond donors (Lipinski definition) is 3. The Hall–Kier alpha value is -2.91. The number of nitrogens with zero attached hydrogens (tertiary/aromatic N) is 2. The molecular formula is C22H23ClFN3O4S. The van der Waals surface area contributed by atoms with Gasteiger partial charge < -0.3 is 20.3 Å². The summed E-state index contributed by atoms with van der Waals surface area (Å²) in [5.74, 6) is 1.16. The minimum Gasteiger partial charge on any atom is -0.487 e.